The Bertz CT molecular complexity index is 473. The van der Waals surface area contributed by atoms with Crippen LogP contribution in [0.3, 0.4) is 0 Å². The van der Waals surface area contributed by atoms with Crippen LogP contribution in [-0.2, 0) is 19.1 Å². The molecule has 0 heterocycles. The molecule has 0 fully saturated rings. The fourth-order valence-electron chi connectivity index (χ4n) is 1.99. The van der Waals surface area contributed by atoms with Crippen molar-refractivity contribution in [1.29, 1.82) is 0 Å². The first-order valence-electron chi connectivity index (χ1n) is 9.25. The van der Waals surface area contributed by atoms with E-state index in [-0.39, 0.29) is 17.9 Å². The molecule has 7 nitrogen and oxygen atoms in total. The predicted molar refractivity (Wildman–Crippen MR) is 101 cm³/mol. The number of carbonyl (C=O) groups excluding carboxylic acids is 3. The predicted octanol–water partition coefficient (Wildman–Crippen LogP) is 3.07. The van der Waals surface area contributed by atoms with Gasteiger partial charge < -0.3 is 14.4 Å². The van der Waals surface area contributed by atoms with Crippen LogP contribution in [0.5, 0.6) is 0 Å². The van der Waals surface area contributed by atoms with E-state index in [1.54, 1.807) is 13.8 Å². The van der Waals surface area contributed by atoms with Crippen LogP contribution < -0.4 is 0 Å². The van der Waals surface area contributed by atoms with Gasteiger partial charge in [0.15, 0.2) is 0 Å². The van der Waals surface area contributed by atoms with Gasteiger partial charge in [0.1, 0.15) is 12.1 Å². The Morgan fingerprint density at radius 3 is 2.00 bits per heavy atom. The molecule has 0 aliphatic heterocycles. The molecule has 0 aromatic rings. The Hall–Kier alpha value is -1.79. The molecular weight excluding hydrogens is 336 g/mol. The highest BCUT2D eigenvalue weighted by molar-refractivity contribution is 5.89. The molecule has 0 rings (SSSR count). The number of esters is 1. The second-order valence-corrected chi connectivity index (χ2v) is 7.90. The molecule has 0 saturated carbocycles. The Balaban J connectivity index is 4.63. The Morgan fingerprint density at radius 1 is 0.923 bits per heavy atom. The molecule has 0 radical (unpaired) electrons. The lowest BCUT2D eigenvalue weighted by Gasteiger charge is -2.31. The van der Waals surface area contributed by atoms with Gasteiger partial charge in [-0.25, -0.2) is 9.59 Å². The van der Waals surface area contributed by atoms with Gasteiger partial charge in [-0.3, -0.25) is 9.69 Å². The molecule has 2 atom stereocenters. The monoisotopic (exact) mass is 372 g/mol. The molecular formula is C19H36N2O5. The van der Waals surface area contributed by atoms with Crippen LogP contribution in [0, 0.1) is 5.41 Å². The first-order chi connectivity index (χ1) is 11.9. The summed E-state index contributed by atoms with van der Waals surface area (Å²) in [5.74, 6) is -0.791. The van der Waals surface area contributed by atoms with Gasteiger partial charge in [0.05, 0.1) is 13.2 Å². The molecule has 0 aromatic carbocycles. The topological polar surface area (TPSA) is 76.2 Å². The summed E-state index contributed by atoms with van der Waals surface area (Å²) in [6, 6.07) is -1.46. The van der Waals surface area contributed by atoms with Crippen molar-refractivity contribution in [3.63, 3.8) is 0 Å². The highest BCUT2D eigenvalue weighted by atomic mass is 16.6. The maximum Gasteiger partial charge on any atom is 0.410 e. The minimum Gasteiger partial charge on any atom is -0.464 e. The molecule has 152 valence electrons. The van der Waals surface area contributed by atoms with Gasteiger partial charge in [-0.15, -0.1) is 0 Å². The largest absolute Gasteiger partial charge is 0.464 e. The molecule has 2 amide bonds. The van der Waals surface area contributed by atoms with Crippen LogP contribution in [0.1, 0.15) is 60.8 Å². The van der Waals surface area contributed by atoms with Gasteiger partial charge in [-0.1, -0.05) is 40.5 Å². The molecule has 26 heavy (non-hydrogen) atoms. The summed E-state index contributed by atoms with van der Waals surface area (Å²) in [5.41, 5.74) is -0.156. The number of amides is 2. The molecule has 0 saturated heterocycles. The second kappa shape index (κ2) is 11.0. The zero-order chi connectivity index (χ0) is 20.5. The van der Waals surface area contributed by atoms with Gasteiger partial charge >= 0.3 is 12.1 Å². The summed E-state index contributed by atoms with van der Waals surface area (Å²) >= 11 is 0. The maximum absolute atomic E-state index is 12.6. The molecule has 0 aromatic heterocycles. The molecule has 0 aliphatic rings. The average molecular weight is 373 g/mol. The first kappa shape index (κ1) is 24.2. The van der Waals surface area contributed by atoms with Crippen LogP contribution in [-0.4, -0.2) is 67.2 Å². The Labute approximate surface area is 158 Å². The first-order valence-corrected chi connectivity index (χ1v) is 9.25. The number of ether oxygens (including phenoxy) is 2. The van der Waals surface area contributed by atoms with E-state index < -0.39 is 24.1 Å². The maximum atomic E-state index is 12.6. The van der Waals surface area contributed by atoms with Crippen molar-refractivity contribution in [2.45, 2.75) is 72.9 Å². The lowest BCUT2D eigenvalue weighted by atomic mass is 9.99. The molecule has 0 bridgehead atoms. The number of rotatable bonds is 9. The molecule has 0 aliphatic carbocycles. The second-order valence-electron chi connectivity index (χ2n) is 7.90. The summed E-state index contributed by atoms with van der Waals surface area (Å²) < 4.78 is 10.4. The third-order valence-electron chi connectivity index (χ3n) is 4.12. The van der Waals surface area contributed by atoms with Gasteiger partial charge in [0.2, 0.25) is 5.91 Å². The summed E-state index contributed by atoms with van der Waals surface area (Å²) in [4.78, 5) is 39.3. The third kappa shape index (κ3) is 8.54. The Kier molecular flexibility index (Phi) is 10.3. The zero-order valence-electron chi connectivity index (χ0n) is 17.6. The number of carbonyl (C=O) groups is 3. The summed E-state index contributed by atoms with van der Waals surface area (Å²) in [7, 11) is 3.04. The van der Waals surface area contributed by atoms with Crippen molar-refractivity contribution in [2.75, 3.05) is 27.3 Å². The SMILES string of the molecule is CCCCCOC(=O)C(C)N(C)C(=O)C(C)N(C)C(=O)OCC(C)(C)C. The smallest absolute Gasteiger partial charge is 0.410 e. The summed E-state index contributed by atoms with van der Waals surface area (Å²) in [6.45, 7) is 11.8. The van der Waals surface area contributed by atoms with Crippen LogP contribution in [0.4, 0.5) is 4.79 Å². The molecule has 0 spiro atoms. The van der Waals surface area contributed by atoms with E-state index in [0.29, 0.717) is 6.61 Å². The quantitative estimate of drug-likeness (QED) is 0.459. The minimum atomic E-state index is -0.747. The van der Waals surface area contributed by atoms with Crippen LogP contribution in [0.2, 0.25) is 0 Å². The standard InChI is InChI=1S/C19H36N2O5/c1-9-10-11-12-25-17(23)15(3)20(7)16(22)14(2)21(8)18(24)26-13-19(4,5)6/h14-15H,9-13H2,1-8H3. The fourth-order valence-corrected chi connectivity index (χ4v) is 1.99. The minimum absolute atomic E-state index is 0.156. The highest BCUT2D eigenvalue weighted by Crippen LogP contribution is 2.14. The van der Waals surface area contributed by atoms with Crippen molar-refractivity contribution < 1.29 is 23.9 Å². The van der Waals surface area contributed by atoms with Gasteiger partial charge in [-0.05, 0) is 25.7 Å². The Morgan fingerprint density at radius 2 is 1.50 bits per heavy atom. The van der Waals surface area contributed by atoms with E-state index in [4.69, 9.17) is 9.47 Å². The number of hydrogen-bond acceptors (Lipinski definition) is 5. The van der Waals surface area contributed by atoms with E-state index >= 15 is 0 Å². The van der Waals surface area contributed by atoms with Crippen molar-refractivity contribution in [3.8, 4) is 0 Å². The van der Waals surface area contributed by atoms with Crippen LogP contribution >= 0.6 is 0 Å². The van der Waals surface area contributed by atoms with Crippen molar-refractivity contribution in [1.82, 2.24) is 9.80 Å². The van der Waals surface area contributed by atoms with Gasteiger partial charge in [-0.2, -0.15) is 0 Å². The number of hydrogen-bond donors (Lipinski definition) is 0. The molecule has 7 heteroatoms. The average Bonchev–Trinajstić information content (AvgIpc) is 2.59. The summed E-state index contributed by atoms with van der Waals surface area (Å²) in [6.07, 6.45) is 2.28. The normalized spacial score (nSPS) is 13.5. The van der Waals surface area contributed by atoms with E-state index in [1.807, 2.05) is 20.8 Å². The van der Waals surface area contributed by atoms with Crippen molar-refractivity contribution >= 4 is 18.0 Å². The molecule has 2 unspecified atom stereocenters. The van der Waals surface area contributed by atoms with E-state index in [2.05, 4.69) is 6.92 Å². The highest BCUT2D eigenvalue weighted by Gasteiger charge is 2.31. The lowest BCUT2D eigenvalue weighted by Crippen LogP contribution is -2.51. The van der Waals surface area contributed by atoms with E-state index in [0.717, 1.165) is 19.3 Å². The zero-order valence-corrected chi connectivity index (χ0v) is 17.6. The number of nitrogens with zero attached hydrogens (tertiary/aromatic N) is 2. The van der Waals surface area contributed by atoms with Gasteiger partial charge in [0, 0.05) is 14.1 Å². The van der Waals surface area contributed by atoms with Crippen molar-refractivity contribution in [2.24, 2.45) is 5.41 Å². The number of unbranched alkanes of at least 4 members (excludes halogenated alkanes) is 2. The van der Waals surface area contributed by atoms with E-state index in [1.165, 1.54) is 23.9 Å². The lowest BCUT2D eigenvalue weighted by molar-refractivity contribution is -0.154. The third-order valence-corrected chi connectivity index (χ3v) is 4.12. The summed E-state index contributed by atoms with van der Waals surface area (Å²) in [5, 5.41) is 0. The van der Waals surface area contributed by atoms with Gasteiger partial charge in [0.25, 0.3) is 0 Å². The molecule has 0 N–H and O–H groups in total. The van der Waals surface area contributed by atoms with E-state index in [9.17, 15) is 14.4 Å². The number of likely N-dealkylation sites (N-methyl/N-ethyl adjacent to an activating group) is 2. The van der Waals surface area contributed by atoms with Crippen molar-refractivity contribution in [3.05, 3.63) is 0 Å². The van der Waals surface area contributed by atoms with Crippen LogP contribution in [0.25, 0.3) is 0 Å². The fraction of sp³-hybridized carbons (Fsp3) is 0.842. The van der Waals surface area contributed by atoms with Crippen LogP contribution in [0.15, 0.2) is 0 Å².